The van der Waals surface area contributed by atoms with Gasteiger partial charge in [-0.25, -0.2) is 27.3 Å². The van der Waals surface area contributed by atoms with E-state index in [1.54, 1.807) is 17.9 Å². The third kappa shape index (κ3) is 8.60. The van der Waals surface area contributed by atoms with Crippen LogP contribution < -0.4 is 20.7 Å². The van der Waals surface area contributed by atoms with Crippen molar-refractivity contribution in [3.8, 4) is 34.6 Å². The summed E-state index contributed by atoms with van der Waals surface area (Å²) >= 11 is 13.6. The number of anilines is 3. The molecule has 0 spiro atoms. The summed E-state index contributed by atoms with van der Waals surface area (Å²) in [6.07, 6.45) is -2.03. The SMILES string of the molecule is C=C(C(=O)N1CCN(c2nc(OC[C@@]34CCCN3C[C@H](F)C4)nc3c(F)c(-c4ccc(F)c5sc(N)c(C#N)c45)c(Cl)cc23)[C@@H](C)C1)[C@H](C)OC(O)Nc1cc2cc3c(nc2cc1F)-c1cc2c(c(=S)n1C3)COC(=O)[C@]2(O)CC. The Morgan fingerprint density at radius 1 is 1.14 bits per heavy atom. The molecule has 0 aliphatic carbocycles. The summed E-state index contributed by atoms with van der Waals surface area (Å²) in [6.45, 7) is 10.7. The molecule has 3 saturated heterocycles. The van der Waals surface area contributed by atoms with Crippen LogP contribution in [0.25, 0.3) is 54.4 Å². The Bertz CT molecular complexity index is 3950. The molecule has 9 heterocycles. The number of thiophene rings is 1. The first-order valence-corrected chi connectivity index (χ1v) is 27.6. The van der Waals surface area contributed by atoms with Crippen LogP contribution in [0.15, 0.2) is 54.6 Å². The third-order valence-electron chi connectivity index (χ3n) is 16.4. The van der Waals surface area contributed by atoms with E-state index in [9.17, 15) is 29.5 Å². The number of nitrogens with two attached hydrogens (primary N) is 1. The topological polar surface area (TPSA) is 217 Å². The fraction of sp³-hybridized carbons (Fsp3) is 0.375. The Hall–Kier alpha value is -7.04. The van der Waals surface area contributed by atoms with Gasteiger partial charge in [0.1, 0.15) is 58.1 Å². The summed E-state index contributed by atoms with van der Waals surface area (Å²) in [5.41, 5.74) is 6.34. The van der Waals surface area contributed by atoms with Gasteiger partial charge in [-0.3, -0.25) is 9.69 Å². The fourth-order valence-electron chi connectivity index (χ4n) is 12.2. The Morgan fingerprint density at radius 3 is 2.70 bits per heavy atom. The molecule has 0 saturated carbocycles. The van der Waals surface area contributed by atoms with Gasteiger partial charge in [-0.1, -0.05) is 43.4 Å². The van der Waals surface area contributed by atoms with Crippen LogP contribution in [0.3, 0.4) is 0 Å². The van der Waals surface area contributed by atoms with Gasteiger partial charge >= 0.3 is 12.0 Å². The molecule has 6 atom stereocenters. The predicted molar refractivity (Wildman–Crippen MR) is 295 cm³/mol. The zero-order chi connectivity index (χ0) is 56.4. The van der Waals surface area contributed by atoms with Gasteiger partial charge in [0.05, 0.1) is 56.1 Å². The van der Waals surface area contributed by atoms with Crippen molar-refractivity contribution in [1.82, 2.24) is 29.3 Å². The number of aliphatic hydroxyl groups is 2. The highest BCUT2D eigenvalue weighted by Gasteiger charge is 2.50. The number of nitriles is 1. The second kappa shape index (κ2) is 19.9. The molecule has 7 aromatic rings. The minimum Gasteiger partial charge on any atom is -0.461 e. The number of cyclic esters (lactones) is 1. The highest BCUT2D eigenvalue weighted by atomic mass is 35.5. The van der Waals surface area contributed by atoms with E-state index in [0.717, 1.165) is 29.4 Å². The van der Waals surface area contributed by atoms with E-state index < -0.39 is 65.2 Å². The van der Waals surface area contributed by atoms with E-state index in [4.69, 9.17) is 53.7 Å². The number of nitrogens with one attached hydrogen (secondary N) is 1. The van der Waals surface area contributed by atoms with E-state index in [1.165, 1.54) is 31.2 Å². The van der Waals surface area contributed by atoms with Gasteiger partial charge in [-0.05, 0) is 75.5 Å². The molecule has 0 radical (unpaired) electrons. The van der Waals surface area contributed by atoms with Crippen molar-refractivity contribution in [2.75, 3.05) is 55.3 Å². The van der Waals surface area contributed by atoms with Crippen LogP contribution in [0.4, 0.5) is 34.1 Å². The molecular formula is C56H51ClF4N10O7S2. The quantitative estimate of drug-likeness (QED) is 0.0295. The van der Waals surface area contributed by atoms with Crippen molar-refractivity contribution < 1.29 is 51.6 Å². The summed E-state index contributed by atoms with van der Waals surface area (Å²) in [5, 5.41) is 35.9. The predicted octanol–water partition coefficient (Wildman–Crippen LogP) is 9.14. The number of nitrogens with zero attached hydrogens (tertiary/aromatic N) is 8. The van der Waals surface area contributed by atoms with Crippen molar-refractivity contribution in [1.29, 1.82) is 5.26 Å². The Balaban J connectivity index is 0.766. The number of ether oxygens (including phenoxy) is 3. The standard InChI is InChI=1S/C56H51ClF4N10O7S2/c1-5-56(75)35-16-41-45-29(21-71(41)51(79)34(35)23-76-52(56)73)13-28-14-40(38(60)17-39(28)64-45)65-54(74)78-27(4)26(3)50(72)68-11-12-70(25(2)20-68)49-32-15-36(57)43(31-7-8-37(59)47-42(31)33(19-62)48(63)80-47)44(61)46(32)66-53(67-49)77-24-55-9-6-10-69(55)22-30(58)18-55/h7-8,13-17,25,27,30,54,65,74-75H,3,5-6,9-12,18,20-24,63H2,1-2,4H3/t25-,27-,30+,54?,55-,56-/m0/s1. The van der Waals surface area contributed by atoms with Crippen molar-refractivity contribution in [3.63, 3.8) is 0 Å². The van der Waals surface area contributed by atoms with Crippen LogP contribution >= 0.6 is 35.2 Å². The van der Waals surface area contributed by atoms with Gasteiger partial charge in [0.25, 0.3) is 5.91 Å². The third-order valence-corrected chi connectivity index (χ3v) is 18.2. The number of carbonyl (C=O) groups excluding carboxylic acids is 2. The van der Waals surface area contributed by atoms with Crippen molar-refractivity contribution in [2.45, 2.75) is 95.5 Å². The van der Waals surface area contributed by atoms with E-state index in [-0.39, 0.29) is 123 Å². The number of nitrogen functional groups attached to an aromatic ring is 1. The fourth-order valence-corrected chi connectivity index (χ4v) is 13.8. The summed E-state index contributed by atoms with van der Waals surface area (Å²) < 4.78 is 83.0. The minimum atomic E-state index is -1.88. The smallest absolute Gasteiger partial charge is 0.343 e. The highest BCUT2D eigenvalue weighted by molar-refractivity contribution is 7.71. The molecule has 24 heteroatoms. The molecule has 5 aliphatic rings. The maximum absolute atomic E-state index is 17.5. The van der Waals surface area contributed by atoms with Gasteiger partial charge in [-0.2, -0.15) is 15.2 Å². The molecule has 4 aromatic heterocycles. The Morgan fingerprint density at radius 2 is 1.94 bits per heavy atom. The Kier molecular flexibility index (Phi) is 13.3. The lowest BCUT2D eigenvalue weighted by Gasteiger charge is -2.41. The molecule has 0 bridgehead atoms. The summed E-state index contributed by atoms with van der Waals surface area (Å²) in [5.74, 6) is -3.29. The van der Waals surface area contributed by atoms with Crippen molar-refractivity contribution in [3.05, 3.63) is 104 Å². The number of rotatable bonds is 12. The zero-order valence-corrected chi connectivity index (χ0v) is 45.7. The maximum atomic E-state index is 17.5. The van der Waals surface area contributed by atoms with Crippen molar-refractivity contribution in [2.24, 2.45) is 0 Å². The minimum absolute atomic E-state index is 0.00689. The second-order valence-electron chi connectivity index (χ2n) is 21.1. The lowest BCUT2D eigenvalue weighted by atomic mass is 9.86. The van der Waals surface area contributed by atoms with Crippen LogP contribution in [0, 0.1) is 33.4 Å². The van der Waals surface area contributed by atoms with E-state index >= 15 is 13.2 Å². The van der Waals surface area contributed by atoms with E-state index in [0.29, 0.717) is 57.6 Å². The van der Waals surface area contributed by atoms with Gasteiger partial charge in [0, 0.05) is 88.7 Å². The highest BCUT2D eigenvalue weighted by Crippen LogP contribution is 2.47. The molecule has 3 aromatic carbocycles. The van der Waals surface area contributed by atoms with Crippen LogP contribution in [0.5, 0.6) is 6.01 Å². The number of carbonyl (C=O) groups is 2. The van der Waals surface area contributed by atoms with Crippen LogP contribution in [0.1, 0.15) is 68.7 Å². The summed E-state index contributed by atoms with van der Waals surface area (Å²) in [4.78, 5) is 46.5. The second-order valence-corrected chi connectivity index (χ2v) is 23.0. The number of fused-ring (bicyclic) bond motifs is 8. The lowest BCUT2D eigenvalue weighted by molar-refractivity contribution is -0.172. The number of aliphatic hydroxyl groups excluding tert-OH is 1. The molecule has 1 unspecified atom stereocenters. The number of alkyl halides is 1. The van der Waals surface area contributed by atoms with Crippen LogP contribution in [-0.4, -0.2) is 121 Å². The molecule has 3 fully saturated rings. The lowest BCUT2D eigenvalue weighted by Crippen LogP contribution is -2.55. The maximum Gasteiger partial charge on any atom is 0.343 e. The molecule has 12 rings (SSSR count). The van der Waals surface area contributed by atoms with E-state index in [2.05, 4.69) is 21.8 Å². The number of benzene rings is 3. The van der Waals surface area contributed by atoms with Crippen LogP contribution in [0.2, 0.25) is 5.02 Å². The monoisotopic (exact) mass is 1150 g/mol. The largest absolute Gasteiger partial charge is 0.461 e. The number of pyridine rings is 2. The normalized spacial score (nSPS) is 22.2. The van der Waals surface area contributed by atoms with Crippen LogP contribution in [-0.2, 0) is 37.8 Å². The molecule has 1 amide bonds. The number of piperazine rings is 1. The number of amides is 1. The number of halogens is 5. The van der Waals surface area contributed by atoms with Gasteiger partial charge < -0.3 is 49.8 Å². The number of aromatic nitrogens is 4. The van der Waals surface area contributed by atoms with E-state index in [1.807, 2.05) is 28.5 Å². The first kappa shape index (κ1) is 53.6. The molecular weight excluding hydrogens is 1100 g/mol. The molecule has 17 nitrogen and oxygen atoms in total. The summed E-state index contributed by atoms with van der Waals surface area (Å²) in [7, 11) is 0. The van der Waals surface area contributed by atoms with Gasteiger partial charge in [0.15, 0.2) is 11.4 Å². The molecule has 414 valence electrons. The first-order valence-electron chi connectivity index (χ1n) is 26.0. The summed E-state index contributed by atoms with van der Waals surface area (Å²) in [6, 6.07) is 11.5. The molecule has 5 N–H and O–H groups in total. The molecule has 5 aliphatic heterocycles. The average molecular weight is 1150 g/mol. The number of esters is 1. The number of hydrogen-bond acceptors (Lipinski definition) is 17. The van der Waals surface area contributed by atoms with Crippen molar-refractivity contribution >= 4 is 95.4 Å². The first-order chi connectivity index (χ1) is 38.2. The van der Waals surface area contributed by atoms with Gasteiger partial charge in [0.2, 0.25) is 6.41 Å². The number of hydrogen-bond donors (Lipinski definition) is 4. The zero-order valence-electron chi connectivity index (χ0n) is 43.3. The Labute approximate surface area is 468 Å². The van der Waals surface area contributed by atoms with Gasteiger partial charge in [-0.15, -0.1) is 11.3 Å². The molecule has 80 heavy (non-hydrogen) atoms. The average Bonchev–Trinajstić information content (AvgIpc) is 4.31.